The van der Waals surface area contributed by atoms with Crippen LogP contribution >= 0.6 is 0 Å². The van der Waals surface area contributed by atoms with Crippen LogP contribution in [0.25, 0.3) is 0 Å². The zero-order valence-corrected chi connectivity index (χ0v) is 8.74. The van der Waals surface area contributed by atoms with Gasteiger partial charge in [-0.2, -0.15) is 5.10 Å². The highest BCUT2D eigenvalue weighted by Crippen LogP contribution is 2.04. The van der Waals surface area contributed by atoms with Gasteiger partial charge in [-0.1, -0.05) is 6.08 Å². The van der Waals surface area contributed by atoms with Crippen LogP contribution < -0.4 is 5.32 Å². The van der Waals surface area contributed by atoms with Gasteiger partial charge in [0, 0.05) is 24.8 Å². The molecular formula is C10H15N3O. The van der Waals surface area contributed by atoms with Gasteiger partial charge in [-0.25, -0.2) is 0 Å². The lowest BCUT2D eigenvalue weighted by molar-refractivity contribution is -0.116. The first-order valence-electron chi connectivity index (χ1n) is 4.53. The summed E-state index contributed by atoms with van der Waals surface area (Å²) >= 11 is 0. The van der Waals surface area contributed by atoms with Crippen molar-refractivity contribution in [2.45, 2.75) is 20.4 Å². The van der Waals surface area contributed by atoms with Crippen LogP contribution in [0.5, 0.6) is 0 Å². The molecule has 0 aliphatic heterocycles. The molecule has 0 saturated heterocycles. The highest BCUT2D eigenvalue weighted by atomic mass is 16.1. The Morgan fingerprint density at radius 1 is 1.71 bits per heavy atom. The largest absolute Gasteiger partial charge is 0.348 e. The molecule has 0 aliphatic rings. The van der Waals surface area contributed by atoms with Gasteiger partial charge in [-0.3, -0.25) is 9.48 Å². The Hall–Kier alpha value is -1.58. The van der Waals surface area contributed by atoms with E-state index in [4.69, 9.17) is 0 Å². The summed E-state index contributed by atoms with van der Waals surface area (Å²) < 4.78 is 1.79. The van der Waals surface area contributed by atoms with E-state index >= 15 is 0 Å². The Morgan fingerprint density at radius 2 is 2.43 bits per heavy atom. The molecule has 0 saturated carbocycles. The number of aryl methyl sites for hydroxylation is 1. The average molecular weight is 193 g/mol. The maximum atomic E-state index is 11.1. The fraction of sp³-hybridized carbons (Fsp3) is 0.400. The molecule has 14 heavy (non-hydrogen) atoms. The standard InChI is InChI=1S/C10H15N3O/c1-4-5-10(14)11-6-9-7-12-13(3)8(9)2/h4-5,7H,6H2,1-3H3,(H,11,14)/b5-4+. The molecule has 0 atom stereocenters. The Labute approximate surface area is 83.6 Å². The van der Waals surface area contributed by atoms with Crippen LogP contribution in [-0.4, -0.2) is 15.7 Å². The van der Waals surface area contributed by atoms with Crippen molar-refractivity contribution < 1.29 is 4.79 Å². The SMILES string of the molecule is C/C=C/C(=O)NCc1cnn(C)c1C. The number of carbonyl (C=O) groups is 1. The summed E-state index contributed by atoms with van der Waals surface area (Å²) in [4.78, 5) is 11.1. The van der Waals surface area contributed by atoms with Gasteiger partial charge in [0.05, 0.1) is 6.20 Å². The van der Waals surface area contributed by atoms with Crippen LogP contribution in [-0.2, 0) is 18.4 Å². The van der Waals surface area contributed by atoms with Gasteiger partial charge in [-0.05, 0) is 19.9 Å². The van der Waals surface area contributed by atoms with Gasteiger partial charge in [0.25, 0.3) is 0 Å². The summed E-state index contributed by atoms with van der Waals surface area (Å²) in [7, 11) is 1.88. The van der Waals surface area contributed by atoms with E-state index < -0.39 is 0 Å². The predicted molar refractivity (Wildman–Crippen MR) is 54.6 cm³/mol. The molecule has 1 heterocycles. The fourth-order valence-electron chi connectivity index (χ4n) is 1.11. The minimum Gasteiger partial charge on any atom is -0.348 e. The van der Waals surface area contributed by atoms with E-state index in [9.17, 15) is 4.79 Å². The number of allylic oxidation sites excluding steroid dienone is 1. The molecule has 1 rings (SSSR count). The molecule has 1 amide bonds. The zero-order valence-electron chi connectivity index (χ0n) is 8.74. The number of rotatable bonds is 3. The second-order valence-electron chi connectivity index (χ2n) is 3.10. The molecule has 1 N–H and O–H groups in total. The minimum absolute atomic E-state index is 0.0734. The lowest BCUT2D eigenvalue weighted by Crippen LogP contribution is -2.20. The van der Waals surface area contributed by atoms with Gasteiger partial charge in [-0.15, -0.1) is 0 Å². The molecule has 76 valence electrons. The number of aromatic nitrogens is 2. The lowest BCUT2D eigenvalue weighted by atomic mass is 10.2. The summed E-state index contributed by atoms with van der Waals surface area (Å²) in [6.45, 7) is 4.32. The number of amides is 1. The summed E-state index contributed by atoms with van der Waals surface area (Å²) in [5.74, 6) is -0.0734. The predicted octanol–water partition coefficient (Wildman–Crippen LogP) is 0.921. The van der Waals surface area contributed by atoms with Crippen molar-refractivity contribution in [3.8, 4) is 0 Å². The van der Waals surface area contributed by atoms with E-state index in [1.165, 1.54) is 6.08 Å². The highest BCUT2D eigenvalue weighted by molar-refractivity contribution is 5.87. The second-order valence-corrected chi connectivity index (χ2v) is 3.10. The van der Waals surface area contributed by atoms with E-state index in [2.05, 4.69) is 10.4 Å². The first-order chi connectivity index (χ1) is 6.65. The summed E-state index contributed by atoms with van der Waals surface area (Å²) in [6, 6.07) is 0. The molecule has 0 fully saturated rings. The number of hydrogen-bond acceptors (Lipinski definition) is 2. The van der Waals surface area contributed by atoms with E-state index in [0.29, 0.717) is 6.54 Å². The Kier molecular flexibility index (Phi) is 3.45. The summed E-state index contributed by atoms with van der Waals surface area (Å²) in [5, 5.41) is 6.86. The third-order valence-electron chi connectivity index (χ3n) is 2.11. The quantitative estimate of drug-likeness (QED) is 0.726. The summed E-state index contributed by atoms with van der Waals surface area (Å²) in [5.41, 5.74) is 2.12. The van der Waals surface area contributed by atoms with E-state index in [0.717, 1.165) is 11.3 Å². The second kappa shape index (κ2) is 4.60. The van der Waals surface area contributed by atoms with Crippen LogP contribution in [0.2, 0.25) is 0 Å². The van der Waals surface area contributed by atoms with Gasteiger partial charge in [0.15, 0.2) is 0 Å². The van der Waals surface area contributed by atoms with Crippen LogP contribution in [0.1, 0.15) is 18.2 Å². The highest BCUT2D eigenvalue weighted by Gasteiger charge is 2.03. The van der Waals surface area contributed by atoms with Crippen LogP contribution in [0.3, 0.4) is 0 Å². The number of nitrogens with one attached hydrogen (secondary N) is 1. The smallest absolute Gasteiger partial charge is 0.243 e. The number of carbonyl (C=O) groups excluding carboxylic acids is 1. The topological polar surface area (TPSA) is 46.9 Å². The first-order valence-corrected chi connectivity index (χ1v) is 4.53. The molecule has 0 unspecified atom stereocenters. The van der Waals surface area contributed by atoms with Crippen molar-refractivity contribution >= 4 is 5.91 Å². The molecule has 1 aromatic rings. The molecule has 0 bridgehead atoms. The third-order valence-corrected chi connectivity index (χ3v) is 2.11. The Balaban J connectivity index is 2.54. The molecular weight excluding hydrogens is 178 g/mol. The van der Waals surface area contributed by atoms with Crippen LogP contribution in [0.4, 0.5) is 0 Å². The van der Waals surface area contributed by atoms with E-state index in [1.807, 2.05) is 20.9 Å². The van der Waals surface area contributed by atoms with Gasteiger partial charge in [0.1, 0.15) is 0 Å². The zero-order chi connectivity index (χ0) is 10.6. The maximum absolute atomic E-state index is 11.1. The molecule has 1 aromatic heterocycles. The summed E-state index contributed by atoms with van der Waals surface area (Å²) in [6.07, 6.45) is 4.99. The maximum Gasteiger partial charge on any atom is 0.243 e. The van der Waals surface area contributed by atoms with Gasteiger partial charge >= 0.3 is 0 Å². The van der Waals surface area contributed by atoms with Crippen molar-refractivity contribution in [3.63, 3.8) is 0 Å². The third kappa shape index (κ3) is 2.45. The van der Waals surface area contributed by atoms with Gasteiger partial charge < -0.3 is 5.32 Å². The molecule has 0 radical (unpaired) electrons. The minimum atomic E-state index is -0.0734. The fourth-order valence-corrected chi connectivity index (χ4v) is 1.11. The molecule has 0 aromatic carbocycles. The van der Waals surface area contributed by atoms with E-state index in [-0.39, 0.29) is 5.91 Å². The van der Waals surface area contributed by atoms with Crippen molar-refractivity contribution in [3.05, 3.63) is 29.6 Å². The van der Waals surface area contributed by atoms with Crippen molar-refractivity contribution in [1.82, 2.24) is 15.1 Å². The monoisotopic (exact) mass is 193 g/mol. The number of hydrogen-bond donors (Lipinski definition) is 1. The van der Waals surface area contributed by atoms with Crippen molar-refractivity contribution in [1.29, 1.82) is 0 Å². The van der Waals surface area contributed by atoms with Gasteiger partial charge in [0.2, 0.25) is 5.91 Å². The molecule has 4 nitrogen and oxygen atoms in total. The van der Waals surface area contributed by atoms with Crippen molar-refractivity contribution in [2.75, 3.05) is 0 Å². The average Bonchev–Trinajstić information content (AvgIpc) is 2.46. The first kappa shape index (κ1) is 10.5. The van der Waals surface area contributed by atoms with Crippen LogP contribution in [0, 0.1) is 6.92 Å². The Morgan fingerprint density at radius 3 is 2.93 bits per heavy atom. The Bertz CT molecular complexity index is 352. The van der Waals surface area contributed by atoms with E-state index in [1.54, 1.807) is 17.0 Å². The van der Waals surface area contributed by atoms with Crippen LogP contribution in [0.15, 0.2) is 18.3 Å². The normalized spacial score (nSPS) is 10.8. The molecule has 0 aliphatic carbocycles. The molecule has 4 heteroatoms. The van der Waals surface area contributed by atoms with Crippen molar-refractivity contribution in [2.24, 2.45) is 7.05 Å². The molecule has 0 spiro atoms. The lowest BCUT2D eigenvalue weighted by Gasteiger charge is -2.01. The number of nitrogens with zero attached hydrogens (tertiary/aromatic N) is 2.